The second kappa shape index (κ2) is 5.46. The first-order chi connectivity index (χ1) is 9.78. The van der Waals surface area contributed by atoms with E-state index in [0.29, 0.717) is 17.9 Å². The van der Waals surface area contributed by atoms with E-state index < -0.39 is 0 Å². The summed E-state index contributed by atoms with van der Waals surface area (Å²) in [5.74, 6) is 1.11. The zero-order valence-corrected chi connectivity index (χ0v) is 11.7. The molecule has 0 spiro atoms. The van der Waals surface area contributed by atoms with Crippen molar-refractivity contribution in [3.8, 4) is 16.5 Å². The molecular weight excluding hydrogens is 275 g/mol. The van der Waals surface area contributed by atoms with Crippen LogP contribution in [0.1, 0.15) is 5.56 Å². The average molecular weight is 288 g/mol. The minimum Gasteiger partial charge on any atom is -0.497 e. The Morgan fingerprint density at radius 3 is 2.95 bits per heavy atom. The highest BCUT2D eigenvalue weighted by Crippen LogP contribution is 2.24. The van der Waals surface area contributed by atoms with E-state index in [1.807, 2.05) is 28.3 Å². The van der Waals surface area contributed by atoms with Gasteiger partial charge in [0.2, 0.25) is 0 Å². The van der Waals surface area contributed by atoms with Gasteiger partial charge in [0.05, 0.1) is 18.5 Å². The number of thiophene rings is 1. The SMILES string of the molecule is COc1ccc(Cn2ccnc2-c2cccs2)c(F)c1. The number of hydrogen-bond donors (Lipinski definition) is 0. The van der Waals surface area contributed by atoms with Crippen molar-refractivity contribution < 1.29 is 9.13 Å². The molecule has 0 aliphatic carbocycles. The third-order valence-electron chi connectivity index (χ3n) is 3.06. The van der Waals surface area contributed by atoms with Crippen LogP contribution in [-0.2, 0) is 6.54 Å². The summed E-state index contributed by atoms with van der Waals surface area (Å²) in [5, 5.41) is 2.00. The fourth-order valence-corrected chi connectivity index (χ4v) is 2.77. The molecule has 2 aromatic heterocycles. The van der Waals surface area contributed by atoms with Gasteiger partial charge in [0.1, 0.15) is 17.4 Å². The van der Waals surface area contributed by atoms with E-state index in [0.717, 1.165) is 10.7 Å². The van der Waals surface area contributed by atoms with Crippen LogP contribution in [0.25, 0.3) is 10.7 Å². The van der Waals surface area contributed by atoms with Crippen LogP contribution in [-0.4, -0.2) is 16.7 Å². The van der Waals surface area contributed by atoms with Crippen LogP contribution in [0.15, 0.2) is 48.1 Å². The van der Waals surface area contributed by atoms with Gasteiger partial charge in [-0.25, -0.2) is 9.37 Å². The Morgan fingerprint density at radius 2 is 2.25 bits per heavy atom. The van der Waals surface area contributed by atoms with Gasteiger partial charge < -0.3 is 9.30 Å². The van der Waals surface area contributed by atoms with Crippen LogP contribution < -0.4 is 4.74 Å². The number of methoxy groups -OCH3 is 1. The van der Waals surface area contributed by atoms with Crippen LogP contribution in [0.3, 0.4) is 0 Å². The van der Waals surface area contributed by atoms with E-state index in [9.17, 15) is 4.39 Å². The summed E-state index contributed by atoms with van der Waals surface area (Å²) in [7, 11) is 1.53. The van der Waals surface area contributed by atoms with Crippen LogP contribution in [0.4, 0.5) is 4.39 Å². The molecular formula is C15H13FN2OS. The fraction of sp³-hybridized carbons (Fsp3) is 0.133. The minimum absolute atomic E-state index is 0.268. The maximum atomic E-state index is 14.0. The fourth-order valence-electron chi connectivity index (χ4n) is 2.03. The van der Waals surface area contributed by atoms with Crippen molar-refractivity contribution in [2.75, 3.05) is 7.11 Å². The highest BCUT2D eigenvalue weighted by Gasteiger charge is 2.10. The molecule has 3 rings (SSSR count). The first-order valence-corrected chi connectivity index (χ1v) is 7.03. The van der Waals surface area contributed by atoms with Crippen molar-refractivity contribution in [3.63, 3.8) is 0 Å². The number of rotatable bonds is 4. The highest BCUT2D eigenvalue weighted by molar-refractivity contribution is 7.13. The Morgan fingerprint density at radius 1 is 1.35 bits per heavy atom. The number of imidazole rings is 1. The summed E-state index contributed by atoms with van der Waals surface area (Å²) in [6.07, 6.45) is 3.59. The molecule has 2 heterocycles. The van der Waals surface area contributed by atoms with Gasteiger partial charge in [0, 0.05) is 24.0 Å². The first kappa shape index (κ1) is 12.9. The van der Waals surface area contributed by atoms with E-state index in [-0.39, 0.29) is 5.82 Å². The molecule has 5 heteroatoms. The van der Waals surface area contributed by atoms with E-state index >= 15 is 0 Å². The summed E-state index contributed by atoms with van der Waals surface area (Å²) in [6, 6.07) is 8.89. The van der Waals surface area contributed by atoms with E-state index in [2.05, 4.69) is 4.98 Å². The third kappa shape index (κ3) is 2.44. The van der Waals surface area contributed by atoms with Gasteiger partial charge in [-0.15, -0.1) is 11.3 Å². The van der Waals surface area contributed by atoms with Crippen LogP contribution in [0.5, 0.6) is 5.75 Å². The second-order valence-corrected chi connectivity index (χ2v) is 5.26. The molecule has 0 bridgehead atoms. The largest absolute Gasteiger partial charge is 0.497 e. The van der Waals surface area contributed by atoms with Crippen LogP contribution >= 0.6 is 11.3 Å². The molecule has 0 aliphatic rings. The zero-order valence-electron chi connectivity index (χ0n) is 10.9. The Bertz CT molecular complexity index is 706. The van der Waals surface area contributed by atoms with Gasteiger partial charge in [-0.05, 0) is 17.5 Å². The zero-order chi connectivity index (χ0) is 13.9. The topological polar surface area (TPSA) is 27.1 Å². The molecule has 3 aromatic rings. The summed E-state index contributed by atoms with van der Waals surface area (Å²) in [4.78, 5) is 5.42. The van der Waals surface area contributed by atoms with Crippen LogP contribution in [0, 0.1) is 5.82 Å². The van der Waals surface area contributed by atoms with Gasteiger partial charge >= 0.3 is 0 Å². The quantitative estimate of drug-likeness (QED) is 0.730. The average Bonchev–Trinajstić information content (AvgIpc) is 3.11. The first-order valence-electron chi connectivity index (χ1n) is 6.15. The predicted molar refractivity (Wildman–Crippen MR) is 77.6 cm³/mol. The maximum Gasteiger partial charge on any atom is 0.150 e. The van der Waals surface area contributed by atoms with E-state index in [1.165, 1.54) is 13.2 Å². The van der Waals surface area contributed by atoms with Gasteiger partial charge in [-0.1, -0.05) is 12.1 Å². The molecule has 0 saturated carbocycles. The predicted octanol–water partition coefficient (Wildman–Crippen LogP) is 3.81. The van der Waals surface area contributed by atoms with Gasteiger partial charge in [-0.3, -0.25) is 0 Å². The Hall–Kier alpha value is -2.14. The number of halogens is 1. The van der Waals surface area contributed by atoms with Crippen molar-refractivity contribution in [1.82, 2.24) is 9.55 Å². The Balaban J connectivity index is 1.91. The number of benzene rings is 1. The lowest BCUT2D eigenvalue weighted by atomic mass is 10.2. The van der Waals surface area contributed by atoms with Crippen molar-refractivity contribution in [3.05, 3.63) is 59.5 Å². The molecule has 0 atom stereocenters. The third-order valence-corrected chi connectivity index (χ3v) is 3.92. The molecule has 0 amide bonds. The number of ether oxygens (including phenoxy) is 1. The Labute approximate surface area is 120 Å². The normalized spacial score (nSPS) is 10.7. The minimum atomic E-state index is -0.268. The van der Waals surface area contributed by atoms with Gasteiger partial charge in [0.15, 0.2) is 0 Å². The molecule has 0 aliphatic heterocycles. The summed E-state index contributed by atoms with van der Waals surface area (Å²) in [6.45, 7) is 0.447. The van der Waals surface area contributed by atoms with Crippen molar-refractivity contribution >= 4 is 11.3 Å². The summed E-state index contributed by atoms with van der Waals surface area (Å²) >= 11 is 1.62. The molecule has 0 fully saturated rings. The van der Waals surface area contributed by atoms with E-state index in [1.54, 1.807) is 29.7 Å². The molecule has 0 saturated heterocycles. The Kier molecular flexibility index (Phi) is 3.52. The number of nitrogens with zero attached hydrogens (tertiary/aromatic N) is 2. The molecule has 0 radical (unpaired) electrons. The standard InChI is InChI=1S/C15H13FN2OS/c1-19-12-5-4-11(13(16)9-12)10-18-7-6-17-15(18)14-3-2-8-20-14/h2-9H,10H2,1H3. The van der Waals surface area contributed by atoms with Crippen LogP contribution in [0.2, 0.25) is 0 Å². The molecule has 1 aromatic carbocycles. The maximum absolute atomic E-state index is 14.0. The van der Waals surface area contributed by atoms with Gasteiger partial charge in [-0.2, -0.15) is 0 Å². The monoisotopic (exact) mass is 288 g/mol. The van der Waals surface area contributed by atoms with Crippen molar-refractivity contribution in [2.45, 2.75) is 6.54 Å². The summed E-state index contributed by atoms with van der Waals surface area (Å²) in [5.41, 5.74) is 0.613. The van der Waals surface area contributed by atoms with Crippen molar-refractivity contribution in [1.29, 1.82) is 0 Å². The summed E-state index contributed by atoms with van der Waals surface area (Å²) < 4.78 is 20.9. The van der Waals surface area contributed by atoms with E-state index in [4.69, 9.17) is 4.74 Å². The smallest absolute Gasteiger partial charge is 0.150 e. The molecule has 3 nitrogen and oxygen atoms in total. The molecule has 0 N–H and O–H groups in total. The number of aromatic nitrogens is 2. The lowest BCUT2D eigenvalue weighted by Crippen LogP contribution is -2.02. The van der Waals surface area contributed by atoms with Crippen molar-refractivity contribution in [2.24, 2.45) is 0 Å². The molecule has 0 unspecified atom stereocenters. The highest BCUT2D eigenvalue weighted by atomic mass is 32.1. The second-order valence-electron chi connectivity index (χ2n) is 4.31. The van der Waals surface area contributed by atoms with Gasteiger partial charge in [0.25, 0.3) is 0 Å². The lowest BCUT2D eigenvalue weighted by Gasteiger charge is -2.09. The molecule has 20 heavy (non-hydrogen) atoms. The number of hydrogen-bond acceptors (Lipinski definition) is 3. The lowest BCUT2D eigenvalue weighted by molar-refractivity contribution is 0.410. The molecule has 102 valence electrons.